The van der Waals surface area contributed by atoms with E-state index in [2.05, 4.69) is 20.3 Å². The van der Waals surface area contributed by atoms with Gasteiger partial charge in [0.05, 0.1) is 11.0 Å². The molecule has 2 N–H and O–H groups in total. The van der Waals surface area contributed by atoms with Crippen LogP contribution in [0, 0.1) is 0 Å². The number of allylic oxidation sites excluding steroid dienone is 1. The number of likely N-dealkylation sites (N-methyl/N-ethyl adjacent to an activating group) is 1. The second kappa shape index (κ2) is 6.49. The number of aliphatic imine (C=N–C) groups is 1. The number of nitrogens with zero attached hydrogens (tertiary/aromatic N) is 4. The molecule has 3 amide bonds. The Balaban J connectivity index is 1.67. The topological polar surface area (TPSA) is 93.7 Å². The lowest BCUT2D eigenvalue weighted by Crippen LogP contribution is -2.63. The number of thioether (sulfide) groups is 1. The number of hydrogen-bond acceptors (Lipinski definition) is 6. The number of imide groups is 1. The molecule has 26 heavy (non-hydrogen) atoms. The first-order chi connectivity index (χ1) is 12.6. The van der Waals surface area contributed by atoms with Crippen LogP contribution in [0.15, 0.2) is 46.6 Å². The van der Waals surface area contributed by atoms with Crippen LogP contribution in [0.4, 0.5) is 4.79 Å². The van der Waals surface area contributed by atoms with Crippen molar-refractivity contribution >= 4 is 39.9 Å². The molecule has 2 aliphatic heterocycles. The number of para-hydroxylation sites is 2. The van der Waals surface area contributed by atoms with Crippen LogP contribution in [0.25, 0.3) is 11.0 Å². The molecule has 2 aliphatic rings. The molecule has 0 aliphatic carbocycles. The van der Waals surface area contributed by atoms with Gasteiger partial charge in [0.15, 0.2) is 22.5 Å². The van der Waals surface area contributed by atoms with E-state index < -0.39 is 18.2 Å². The van der Waals surface area contributed by atoms with Crippen LogP contribution in [-0.2, 0) is 4.79 Å². The van der Waals surface area contributed by atoms with Crippen molar-refractivity contribution in [1.82, 2.24) is 25.1 Å². The number of H-pyrrole nitrogens is 1. The first kappa shape index (κ1) is 16.6. The van der Waals surface area contributed by atoms with E-state index in [-0.39, 0.29) is 5.91 Å². The number of amides is 3. The molecule has 1 fully saturated rings. The molecule has 0 saturated carbocycles. The van der Waals surface area contributed by atoms with Crippen molar-refractivity contribution in [1.29, 1.82) is 0 Å². The average Bonchev–Trinajstić information content (AvgIpc) is 3.19. The molecule has 8 nitrogen and oxygen atoms in total. The van der Waals surface area contributed by atoms with Crippen LogP contribution in [0.3, 0.4) is 0 Å². The van der Waals surface area contributed by atoms with Gasteiger partial charge in [0.1, 0.15) is 0 Å². The Labute approximate surface area is 154 Å². The first-order valence-electron chi connectivity index (χ1n) is 8.24. The zero-order chi connectivity index (χ0) is 18.3. The Kier molecular flexibility index (Phi) is 4.15. The summed E-state index contributed by atoms with van der Waals surface area (Å²) in [4.78, 5) is 40.2. The zero-order valence-electron chi connectivity index (χ0n) is 14.3. The standard InChI is InChI=1S/C17H18N6O2S/c1-3-4-9-23-12-13(22(2)16(25)21-14(12)24)20-17(23)26-15-18-10-7-5-6-8-11(10)19-15/h3-8,12-13H,9H2,1-2H3,(H,18,19)(H,21,24,25)/b4-3+. The minimum atomic E-state index is -0.541. The number of rotatable bonds is 3. The molecule has 2 aromatic rings. The van der Waals surface area contributed by atoms with Gasteiger partial charge in [0, 0.05) is 13.6 Å². The number of fused-ring (bicyclic) bond motifs is 2. The summed E-state index contributed by atoms with van der Waals surface area (Å²) in [6.07, 6.45) is 3.35. The van der Waals surface area contributed by atoms with Crippen LogP contribution in [0.1, 0.15) is 6.92 Å². The summed E-state index contributed by atoms with van der Waals surface area (Å²) >= 11 is 1.36. The molecule has 1 saturated heterocycles. The Morgan fingerprint density at radius 2 is 2.12 bits per heavy atom. The maximum atomic E-state index is 12.4. The number of benzene rings is 1. The first-order valence-corrected chi connectivity index (χ1v) is 9.06. The summed E-state index contributed by atoms with van der Waals surface area (Å²) in [6.45, 7) is 2.45. The third kappa shape index (κ3) is 2.74. The number of aromatic nitrogens is 2. The fraction of sp³-hybridized carbons (Fsp3) is 0.294. The molecule has 2 unspecified atom stereocenters. The summed E-state index contributed by atoms with van der Waals surface area (Å²) < 4.78 is 0. The fourth-order valence-electron chi connectivity index (χ4n) is 3.06. The van der Waals surface area contributed by atoms with E-state index in [0.29, 0.717) is 16.9 Å². The number of carbonyl (C=O) groups excluding carboxylic acids is 2. The highest BCUT2D eigenvalue weighted by atomic mass is 32.2. The van der Waals surface area contributed by atoms with Crippen LogP contribution in [0.5, 0.6) is 0 Å². The van der Waals surface area contributed by atoms with Gasteiger partial charge in [-0.3, -0.25) is 10.1 Å². The number of amidine groups is 1. The average molecular weight is 370 g/mol. The van der Waals surface area contributed by atoms with Crippen LogP contribution < -0.4 is 5.32 Å². The highest BCUT2D eigenvalue weighted by Crippen LogP contribution is 2.31. The van der Waals surface area contributed by atoms with Gasteiger partial charge in [-0.15, -0.1) is 0 Å². The minimum absolute atomic E-state index is 0.327. The second-order valence-electron chi connectivity index (χ2n) is 6.06. The summed E-state index contributed by atoms with van der Waals surface area (Å²) in [5, 5.41) is 3.75. The summed E-state index contributed by atoms with van der Waals surface area (Å²) in [5.41, 5.74) is 1.81. The van der Waals surface area contributed by atoms with E-state index in [9.17, 15) is 9.59 Å². The third-order valence-electron chi connectivity index (χ3n) is 4.42. The van der Waals surface area contributed by atoms with Gasteiger partial charge in [-0.2, -0.15) is 0 Å². The molecule has 2 atom stereocenters. The Bertz CT molecular complexity index is 903. The van der Waals surface area contributed by atoms with E-state index in [0.717, 1.165) is 11.0 Å². The molecule has 3 heterocycles. The molecule has 0 radical (unpaired) electrons. The number of urea groups is 1. The molecule has 9 heteroatoms. The number of imidazole rings is 1. The maximum Gasteiger partial charge on any atom is 0.325 e. The molecular formula is C17H18N6O2S. The maximum absolute atomic E-state index is 12.4. The highest BCUT2D eigenvalue weighted by Gasteiger charge is 2.48. The molecule has 1 aromatic heterocycles. The van der Waals surface area contributed by atoms with Crippen molar-refractivity contribution in [2.75, 3.05) is 13.6 Å². The van der Waals surface area contributed by atoms with Crippen molar-refractivity contribution in [3.63, 3.8) is 0 Å². The van der Waals surface area contributed by atoms with Gasteiger partial charge in [-0.05, 0) is 30.8 Å². The van der Waals surface area contributed by atoms with Crippen LogP contribution in [0.2, 0.25) is 0 Å². The number of nitrogens with one attached hydrogen (secondary N) is 2. The van der Waals surface area contributed by atoms with Gasteiger partial charge < -0.3 is 14.8 Å². The zero-order valence-corrected chi connectivity index (χ0v) is 15.2. The van der Waals surface area contributed by atoms with Gasteiger partial charge in [-0.1, -0.05) is 24.3 Å². The van der Waals surface area contributed by atoms with Crippen molar-refractivity contribution in [2.24, 2.45) is 4.99 Å². The minimum Gasteiger partial charge on any atom is -0.333 e. The van der Waals surface area contributed by atoms with E-state index in [1.54, 1.807) is 7.05 Å². The smallest absolute Gasteiger partial charge is 0.325 e. The van der Waals surface area contributed by atoms with Crippen molar-refractivity contribution in [2.45, 2.75) is 24.3 Å². The Hall–Kier alpha value is -2.81. The fourth-order valence-corrected chi connectivity index (χ4v) is 4.00. The SMILES string of the molecule is C/C=C/CN1C(Sc2nc3ccccc3[nH]2)=NC2C1C(=O)NC(=O)N2C. The van der Waals surface area contributed by atoms with Crippen molar-refractivity contribution in [3.05, 3.63) is 36.4 Å². The largest absolute Gasteiger partial charge is 0.333 e. The quantitative estimate of drug-likeness (QED) is 0.804. The number of aromatic amines is 1. The lowest BCUT2D eigenvalue weighted by molar-refractivity contribution is -0.126. The summed E-state index contributed by atoms with van der Waals surface area (Å²) in [7, 11) is 1.64. The monoisotopic (exact) mass is 370 g/mol. The molecule has 4 rings (SSSR count). The lowest BCUT2D eigenvalue weighted by Gasteiger charge is -2.35. The highest BCUT2D eigenvalue weighted by molar-refractivity contribution is 8.13. The molecule has 0 bridgehead atoms. The molecule has 1 aromatic carbocycles. The van der Waals surface area contributed by atoms with Gasteiger partial charge in [0.25, 0.3) is 5.91 Å². The lowest BCUT2D eigenvalue weighted by atomic mass is 10.1. The van der Waals surface area contributed by atoms with Crippen LogP contribution in [-0.4, -0.2) is 62.7 Å². The van der Waals surface area contributed by atoms with E-state index in [1.165, 1.54) is 16.7 Å². The van der Waals surface area contributed by atoms with Crippen molar-refractivity contribution in [3.8, 4) is 0 Å². The van der Waals surface area contributed by atoms with Gasteiger partial charge in [0.2, 0.25) is 0 Å². The van der Waals surface area contributed by atoms with E-state index in [4.69, 9.17) is 0 Å². The molecule has 134 valence electrons. The van der Waals surface area contributed by atoms with E-state index >= 15 is 0 Å². The molecule has 0 spiro atoms. The Morgan fingerprint density at radius 1 is 1.31 bits per heavy atom. The second-order valence-corrected chi connectivity index (χ2v) is 7.01. The third-order valence-corrected chi connectivity index (χ3v) is 5.33. The predicted molar refractivity (Wildman–Crippen MR) is 99.8 cm³/mol. The summed E-state index contributed by atoms with van der Waals surface area (Å²) in [6, 6.07) is 6.80. The van der Waals surface area contributed by atoms with Crippen LogP contribution >= 0.6 is 11.8 Å². The predicted octanol–water partition coefficient (Wildman–Crippen LogP) is 1.78. The molecular weight excluding hydrogens is 352 g/mol. The van der Waals surface area contributed by atoms with Gasteiger partial charge >= 0.3 is 6.03 Å². The van der Waals surface area contributed by atoms with Gasteiger partial charge in [-0.25, -0.2) is 14.8 Å². The Morgan fingerprint density at radius 3 is 2.88 bits per heavy atom. The summed E-state index contributed by atoms with van der Waals surface area (Å²) in [5.74, 6) is -0.327. The normalized spacial score (nSPS) is 22.9. The number of carbonyl (C=O) groups is 2. The number of hydrogen-bond donors (Lipinski definition) is 2. The van der Waals surface area contributed by atoms with Crippen molar-refractivity contribution < 1.29 is 9.59 Å². The van der Waals surface area contributed by atoms with E-state index in [1.807, 2.05) is 48.2 Å².